The van der Waals surface area contributed by atoms with Gasteiger partial charge in [0.25, 0.3) is 0 Å². The number of ether oxygens (including phenoxy) is 3. The van der Waals surface area contributed by atoms with Crippen molar-refractivity contribution in [2.24, 2.45) is 5.92 Å². The molecule has 0 spiro atoms. The van der Waals surface area contributed by atoms with E-state index in [0.29, 0.717) is 26.0 Å². The Bertz CT molecular complexity index is 1310. The van der Waals surface area contributed by atoms with Gasteiger partial charge in [-0.2, -0.15) is 0 Å². The highest BCUT2D eigenvalue weighted by Crippen LogP contribution is 2.42. The molecule has 44 heavy (non-hydrogen) atoms. The molecule has 3 heterocycles. The summed E-state index contributed by atoms with van der Waals surface area (Å²) in [7, 11) is 6.58. The number of nitrogens with zero attached hydrogens (tertiary/aromatic N) is 3. The molecular formula is C35H50N3O6+. The van der Waals surface area contributed by atoms with Crippen molar-refractivity contribution in [1.29, 1.82) is 0 Å². The average Bonchev–Trinajstić information content (AvgIpc) is 3.73. The van der Waals surface area contributed by atoms with Crippen molar-refractivity contribution in [2.75, 3.05) is 67.3 Å². The summed E-state index contributed by atoms with van der Waals surface area (Å²) in [6.45, 7) is 6.30. The molecule has 1 unspecified atom stereocenters. The first-order valence-electron chi connectivity index (χ1n) is 16.3. The molecular weight excluding hydrogens is 558 g/mol. The molecule has 1 fully saturated rings. The SMILES string of the molecule is CCCCN(CCCC[N+](C)(C)C)C(=O)CN1C[C@H](c2ccc3c(c2)CCO3)C(C(=O)O)[C@@H]1CCc1cccc2c1OCO2. The lowest BCUT2D eigenvalue weighted by atomic mass is 9.83. The standard InChI is InChI=1S/C35H49N3O6/c1-5-6-17-36(18-7-8-19-38(2,3)4)32(39)23-37-22-28(26-13-15-30-27(21-26)16-20-42-30)33(35(40)41)29(37)14-12-25-10-9-11-31-34(25)44-24-43-31/h9-11,13,15,21,28-29,33H,5-8,12,14,16-20,22-24H2,1-4H3/p+1/t28-,29+,33?/m1/s1. The fourth-order valence-corrected chi connectivity index (χ4v) is 6.99. The van der Waals surface area contributed by atoms with Crippen LogP contribution in [0.25, 0.3) is 0 Å². The largest absolute Gasteiger partial charge is 0.493 e. The lowest BCUT2D eigenvalue weighted by Gasteiger charge is -2.30. The molecule has 9 nitrogen and oxygen atoms in total. The number of benzene rings is 2. The number of aliphatic carboxylic acids is 1. The molecule has 3 atom stereocenters. The number of unbranched alkanes of at least 4 members (excludes halogenated alkanes) is 2. The molecule has 2 aromatic carbocycles. The van der Waals surface area contributed by atoms with Gasteiger partial charge in [0, 0.05) is 38.0 Å². The van der Waals surface area contributed by atoms with E-state index in [1.807, 2.05) is 35.2 Å². The molecule has 0 radical (unpaired) electrons. The molecule has 0 aliphatic carbocycles. The van der Waals surface area contributed by atoms with Crippen molar-refractivity contribution >= 4 is 11.9 Å². The minimum Gasteiger partial charge on any atom is -0.493 e. The van der Waals surface area contributed by atoms with Crippen LogP contribution in [0.2, 0.25) is 0 Å². The van der Waals surface area contributed by atoms with Crippen LogP contribution in [-0.2, 0) is 22.4 Å². The number of carbonyl (C=O) groups excluding carboxylic acids is 1. The quantitative estimate of drug-likeness (QED) is 0.234. The summed E-state index contributed by atoms with van der Waals surface area (Å²) in [5, 5.41) is 10.7. The first-order valence-corrected chi connectivity index (χ1v) is 16.3. The third-order valence-electron chi connectivity index (χ3n) is 9.34. The maximum Gasteiger partial charge on any atom is 0.308 e. The van der Waals surface area contributed by atoms with Gasteiger partial charge in [-0.25, -0.2) is 0 Å². The van der Waals surface area contributed by atoms with Crippen LogP contribution in [0.3, 0.4) is 0 Å². The van der Waals surface area contributed by atoms with E-state index in [9.17, 15) is 14.7 Å². The Hall–Kier alpha value is -3.30. The van der Waals surface area contributed by atoms with E-state index in [4.69, 9.17) is 14.2 Å². The van der Waals surface area contributed by atoms with E-state index >= 15 is 0 Å². The molecule has 240 valence electrons. The third-order valence-corrected chi connectivity index (χ3v) is 9.34. The number of para-hydroxylation sites is 1. The van der Waals surface area contributed by atoms with Gasteiger partial charge in [-0.05, 0) is 60.9 Å². The number of carbonyl (C=O) groups is 2. The van der Waals surface area contributed by atoms with Crippen LogP contribution >= 0.6 is 0 Å². The molecule has 2 aromatic rings. The van der Waals surface area contributed by atoms with Gasteiger partial charge in [0.05, 0.1) is 46.8 Å². The predicted octanol–water partition coefficient (Wildman–Crippen LogP) is 4.57. The van der Waals surface area contributed by atoms with E-state index in [2.05, 4.69) is 39.0 Å². The second-order valence-electron chi connectivity index (χ2n) is 13.6. The van der Waals surface area contributed by atoms with E-state index in [-0.39, 0.29) is 31.2 Å². The molecule has 5 rings (SSSR count). The Morgan fingerprint density at radius 3 is 2.61 bits per heavy atom. The summed E-state index contributed by atoms with van der Waals surface area (Å²) < 4.78 is 18.0. The van der Waals surface area contributed by atoms with E-state index in [1.165, 1.54) is 0 Å². The number of likely N-dealkylation sites (tertiary alicyclic amines) is 1. The van der Waals surface area contributed by atoms with Crippen molar-refractivity contribution in [3.8, 4) is 17.2 Å². The van der Waals surface area contributed by atoms with Gasteiger partial charge in [-0.1, -0.05) is 37.6 Å². The highest BCUT2D eigenvalue weighted by molar-refractivity contribution is 5.79. The van der Waals surface area contributed by atoms with E-state index < -0.39 is 11.9 Å². The first kappa shape index (κ1) is 32.1. The van der Waals surface area contributed by atoms with Crippen LogP contribution in [0, 0.1) is 5.92 Å². The highest BCUT2D eigenvalue weighted by atomic mass is 16.7. The molecule has 9 heteroatoms. The molecule has 3 aliphatic rings. The smallest absolute Gasteiger partial charge is 0.308 e. The lowest BCUT2D eigenvalue weighted by molar-refractivity contribution is -0.870. The minimum atomic E-state index is -0.812. The molecule has 0 bridgehead atoms. The monoisotopic (exact) mass is 608 g/mol. The molecule has 0 aromatic heterocycles. The normalized spacial score (nSPS) is 20.9. The number of hydrogen-bond donors (Lipinski definition) is 1. The Morgan fingerprint density at radius 2 is 1.84 bits per heavy atom. The number of quaternary nitrogens is 1. The Kier molecular flexibility index (Phi) is 10.4. The average molecular weight is 609 g/mol. The summed E-state index contributed by atoms with van der Waals surface area (Å²) in [5.41, 5.74) is 3.16. The zero-order valence-corrected chi connectivity index (χ0v) is 26.9. The second-order valence-corrected chi connectivity index (χ2v) is 13.6. The van der Waals surface area contributed by atoms with Gasteiger partial charge in [0.15, 0.2) is 11.5 Å². The van der Waals surface area contributed by atoms with Gasteiger partial charge in [-0.15, -0.1) is 0 Å². The van der Waals surface area contributed by atoms with E-state index in [1.54, 1.807) is 0 Å². The number of aryl methyl sites for hydroxylation is 1. The van der Waals surface area contributed by atoms with Crippen molar-refractivity contribution < 1.29 is 33.4 Å². The van der Waals surface area contributed by atoms with Crippen LogP contribution < -0.4 is 14.2 Å². The number of hydrogen-bond acceptors (Lipinski definition) is 6. The van der Waals surface area contributed by atoms with Crippen LogP contribution in [0.5, 0.6) is 17.2 Å². The topological polar surface area (TPSA) is 88.5 Å². The third kappa shape index (κ3) is 7.67. The van der Waals surface area contributed by atoms with Crippen molar-refractivity contribution in [3.63, 3.8) is 0 Å². The number of rotatable bonds is 15. The van der Waals surface area contributed by atoms with Gasteiger partial charge in [0.2, 0.25) is 12.7 Å². The molecule has 1 amide bonds. The fourth-order valence-electron chi connectivity index (χ4n) is 6.99. The minimum absolute atomic E-state index is 0.0955. The van der Waals surface area contributed by atoms with Gasteiger partial charge in [0.1, 0.15) is 5.75 Å². The maximum absolute atomic E-state index is 13.9. The number of fused-ring (bicyclic) bond motifs is 2. The summed E-state index contributed by atoms with van der Waals surface area (Å²) in [5.74, 6) is 0.794. The van der Waals surface area contributed by atoms with Crippen molar-refractivity contribution in [2.45, 2.75) is 63.8 Å². The number of carboxylic acids is 1. The second kappa shape index (κ2) is 14.2. The van der Waals surface area contributed by atoms with Crippen LogP contribution in [0.4, 0.5) is 0 Å². The van der Waals surface area contributed by atoms with Crippen LogP contribution in [-0.4, -0.2) is 105 Å². The van der Waals surface area contributed by atoms with Gasteiger partial charge >= 0.3 is 5.97 Å². The summed E-state index contributed by atoms with van der Waals surface area (Å²) in [6.07, 6.45) is 6.09. The zero-order valence-electron chi connectivity index (χ0n) is 26.9. The van der Waals surface area contributed by atoms with Gasteiger partial charge < -0.3 is 28.7 Å². The van der Waals surface area contributed by atoms with Crippen LogP contribution in [0.15, 0.2) is 36.4 Å². The number of amides is 1. The highest BCUT2D eigenvalue weighted by Gasteiger charge is 2.47. The maximum atomic E-state index is 13.9. The zero-order chi connectivity index (χ0) is 31.3. The predicted molar refractivity (Wildman–Crippen MR) is 169 cm³/mol. The van der Waals surface area contributed by atoms with Crippen molar-refractivity contribution in [1.82, 2.24) is 9.80 Å². The molecule has 1 N–H and O–H groups in total. The Morgan fingerprint density at radius 1 is 1.02 bits per heavy atom. The summed E-state index contributed by atoms with van der Waals surface area (Å²) in [6, 6.07) is 11.7. The first-order chi connectivity index (χ1) is 21.1. The Balaban J connectivity index is 1.37. The Labute approximate surface area is 262 Å². The molecule has 0 saturated carbocycles. The van der Waals surface area contributed by atoms with E-state index in [0.717, 1.165) is 90.2 Å². The molecule has 3 aliphatic heterocycles. The number of carboxylic acid groups (broad SMARTS) is 1. The lowest BCUT2D eigenvalue weighted by Crippen LogP contribution is -2.45. The summed E-state index contributed by atoms with van der Waals surface area (Å²) in [4.78, 5) is 31.1. The van der Waals surface area contributed by atoms with Crippen molar-refractivity contribution in [3.05, 3.63) is 53.1 Å². The summed E-state index contributed by atoms with van der Waals surface area (Å²) >= 11 is 0. The fraction of sp³-hybridized carbons (Fsp3) is 0.600. The molecule has 1 saturated heterocycles. The van der Waals surface area contributed by atoms with Gasteiger partial charge in [-0.3, -0.25) is 14.5 Å². The van der Waals surface area contributed by atoms with Crippen LogP contribution in [0.1, 0.15) is 61.6 Å².